The highest BCUT2D eigenvalue weighted by Gasteiger charge is 2.26. The summed E-state index contributed by atoms with van der Waals surface area (Å²) in [6, 6.07) is 17.2. The number of Topliss-reactive ketones (excluding diaryl/α,β-unsaturated/α-hetero) is 1. The normalized spacial score (nSPS) is 14.2. The molecule has 1 aliphatic heterocycles. The van der Waals surface area contributed by atoms with E-state index in [2.05, 4.69) is 36.9 Å². The molecule has 5 nitrogen and oxygen atoms in total. The summed E-state index contributed by atoms with van der Waals surface area (Å²) in [6.45, 7) is -0.122. The standard InChI is InChI=1S/C24H13Br2Cl2NO4/c25-17-8-13(9-18(26)22(17)32-12-21(30)14-4-2-1-3-5-14)10-20-24(31)33-23(29-20)16-7-6-15(27)11-19(16)28/h1-11H,12H2/b20-10-. The number of benzene rings is 3. The smallest absolute Gasteiger partial charge is 0.363 e. The van der Waals surface area contributed by atoms with Crippen LogP contribution >= 0.6 is 55.1 Å². The van der Waals surface area contributed by atoms with Crippen LogP contribution in [0.1, 0.15) is 21.5 Å². The maximum Gasteiger partial charge on any atom is 0.363 e. The van der Waals surface area contributed by atoms with Gasteiger partial charge >= 0.3 is 5.97 Å². The molecule has 9 heteroatoms. The van der Waals surface area contributed by atoms with Gasteiger partial charge < -0.3 is 9.47 Å². The molecule has 3 aromatic carbocycles. The third kappa shape index (κ3) is 5.55. The topological polar surface area (TPSA) is 65.0 Å². The molecule has 0 aromatic heterocycles. The van der Waals surface area contributed by atoms with Crippen molar-refractivity contribution >= 4 is 78.8 Å². The lowest BCUT2D eigenvalue weighted by Crippen LogP contribution is -2.12. The second-order valence-electron chi connectivity index (χ2n) is 6.85. The van der Waals surface area contributed by atoms with Crippen molar-refractivity contribution in [2.45, 2.75) is 0 Å². The van der Waals surface area contributed by atoms with Crippen LogP contribution in [0.2, 0.25) is 10.0 Å². The molecule has 0 aliphatic carbocycles. The van der Waals surface area contributed by atoms with Gasteiger partial charge in [-0.1, -0.05) is 53.5 Å². The zero-order chi connectivity index (χ0) is 23.5. The Labute approximate surface area is 216 Å². The Morgan fingerprint density at radius 2 is 1.73 bits per heavy atom. The number of hydrogen-bond donors (Lipinski definition) is 0. The van der Waals surface area contributed by atoms with E-state index in [-0.39, 0.29) is 24.0 Å². The molecule has 166 valence electrons. The molecule has 0 unspecified atom stereocenters. The van der Waals surface area contributed by atoms with E-state index in [0.29, 0.717) is 41.4 Å². The zero-order valence-electron chi connectivity index (χ0n) is 16.7. The summed E-state index contributed by atoms with van der Waals surface area (Å²) < 4.78 is 12.2. The van der Waals surface area contributed by atoms with Gasteiger partial charge in [0.25, 0.3) is 0 Å². The molecule has 0 spiro atoms. The largest absolute Gasteiger partial charge is 0.483 e. The van der Waals surface area contributed by atoms with Gasteiger partial charge in [-0.3, -0.25) is 4.79 Å². The summed E-state index contributed by atoms with van der Waals surface area (Å²) in [4.78, 5) is 28.9. The van der Waals surface area contributed by atoms with Crippen molar-refractivity contribution in [3.63, 3.8) is 0 Å². The van der Waals surface area contributed by atoms with Gasteiger partial charge in [0.15, 0.2) is 18.1 Å². The van der Waals surface area contributed by atoms with E-state index in [1.165, 1.54) is 0 Å². The third-order valence-corrected chi connectivity index (χ3v) is 6.28. The molecule has 0 fully saturated rings. The summed E-state index contributed by atoms with van der Waals surface area (Å²) in [6.07, 6.45) is 1.58. The number of ketones is 1. The Morgan fingerprint density at radius 3 is 2.39 bits per heavy atom. The summed E-state index contributed by atoms with van der Waals surface area (Å²) in [5, 5.41) is 0.791. The Hall–Kier alpha value is -2.45. The number of halogens is 4. The van der Waals surface area contributed by atoms with E-state index in [0.717, 1.165) is 0 Å². The fourth-order valence-corrected chi connectivity index (χ4v) is 4.93. The number of carbonyl (C=O) groups excluding carboxylic acids is 2. The van der Waals surface area contributed by atoms with Crippen molar-refractivity contribution in [2.75, 3.05) is 6.61 Å². The van der Waals surface area contributed by atoms with Gasteiger partial charge in [-0.05, 0) is 73.8 Å². The second kappa shape index (κ2) is 10.2. The Morgan fingerprint density at radius 1 is 1.03 bits per heavy atom. The van der Waals surface area contributed by atoms with Crippen molar-refractivity contribution in [1.29, 1.82) is 0 Å². The summed E-state index contributed by atoms with van der Waals surface area (Å²) in [5.74, 6) is -0.174. The quantitative estimate of drug-likeness (QED) is 0.170. The van der Waals surface area contributed by atoms with Crippen LogP contribution in [0.25, 0.3) is 6.08 Å². The van der Waals surface area contributed by atoms with Crippen LogP contribution in [-0.4, -0.2) is 24.3 Å². The predicted molar refractivity (Wildman–Crippen MR) is 135 cm³/mol. The molecule has 0 N–H and O–H groups in total. The Balaban J connectivity index is 1.54. The lowest BCUT2D eigenvalue weighted by molar-refractivity contribution is -0.129. The van der Waals surface area contributed by atoms with Crippen molar-refractivity contribution in [2.24, 2.45) is 4.99 Å². The Bertz CT molecular complexity index is 1300. The highest BCUT2D eigenvalue weighted by Crippen LogP contribution is 2.36. The van der Waals surface area contributed by atoms with E-state index in [9.17, 15) is 9.59 Å². The van der Waals surface area contributed by atoms with E-state index >= 15 is 0 Å². The van der Waals surface area contributed by atoms with E-state index in [4.69, 9.17) is 32.7 Å². The first-order valence-electron chi connectivity index (χ1n) is 9.50. The molecule has 0 radical (unpaired) electrons. The third-order valence-electron chi connectivity index (χ3n) is 4.55. The van der Waals surface area contributed by atoms with Gasteiger partial charge in [0.05, 0.1) is 19.5 Å². The average molecular weight is 610 g/mol. The van der Waals surface area contributed by atoms with Crippen molar-refractivity contribution in [3.05, 3.63) is 102 Å². The molecule has 0 saturated heterocycles. The molecule has 33 heavy (non-hydrogen) atoms. The van der Waals surface area contributed by atoms with Gasteiger partial charge in [-0.25, -0.2) is 9.79 Å². The minimum Gasteiger partial charge on any atom is -0.483 e. The molecule has 0 amide bonds. The maximum atomic E-state index is 12.3. The van der Waals surface area contributed by atoms with Crippen LogP contribution in [0, 0.1) is 0 Å². The number of esters is 1. The van der Waals surface area contributed by atoms with Crippen LogP contribution in [0.15, 0.2) is 80.3 Å². The minimum absolute atomic E-state index is 0.102. The molecule has 1 aliphatic rings. The number of hydrogen-bond acceptors (Lipinski definition) is 5. The van der Waals surface area contributed by atoms with Crippen LogP contribution in [0.5, 0.6) is 5.75 Å². The van der Waals surface area contributed by atoms with Crippen molar-refractivity contribution < 1.29 is 19.1 Å². The van der Waals surface area contributed by atoms with E-state index < -0.39 is 5.97 Å². The van der Waals surface area contributed by atoms with Crippen LogP contribution < -0.4 is 4.74 Å². The van der Waals surface area contributed by atoms with Gasteiger partial charge in [-0.2, -0.15) is 0 Å². The van der Waals surface area contributed by atoms with Crippen molar-refractivity contribution in [3.8, 4) is 5.75 Å². The first-order valence-corrected chi connectivity index (χ1v) is 11.8. The lowest BCUT2D eigenvalue weighted by Gasteiger charge is -2.11. The summed E-state index contributed by atoms with van der Waals surface area (Å²) >= 11 is 19.0. The fourth-order valence-electron chi connectivity index (χ4n) is 2.99. The molecular weight excluding hydrogens is 597 g/mol. The molecular formula is C24H13Br2Cl2NO4. The maximum absolute atomic E-state index is 12.3. The Kier molecular flexibility index (Phi) is 7.34. The minimum atomic E-state index is -0.600. The van der Waals surface area contributed by atoms with E-state index in [1.54, 1.807) is 60.7 Å². The van der Waals surface area contributed by atoms with Gasteiger partial charge in [0.2, 0.25) is 5.90 Å². The van der Waals surface area contributed by atoms with Crippen LogP contribution in [0.4, 0.5) is 0 Å². The molecule has 0 saturated carbocycles. The van der Waals surface area contributed by atoms with Gasteiger partial charge in [0.1, 0.15) is 5.75 Å². The number of aliphatic imine (C=N–C) groups is 1. The lowest BCUT2D eigenvalue weighted by atomic mass is 10.1. The predicted octanol–water partition coefficient (Wildman–Crippen LogP) is 7.12. The van der Waals surface area contributed by atoms with E-state index in [1.807, 2.05) is 6.07 Å². The molecule has 0 atom stereocenters. The first-order chi connectivity index (χ1) is 15.8. The molecule has 0 bridgehead atoms. The number of rotatable bonds is 6. The fraction of sp³-hybridized carbons (Fsp3) is 0.0417. The zero-order valence-corrected chi connectivity index (χ0v) is 21.3. The van der Waals surface area contributed by atoms with Crippen LogP contribution in [0.3, 0.4) is 0 Å². The number of ether oxygens (including phenoxy) is 2. The van der Waals surface area contributed by atoms with Gasteiger partial charge in [-0.15, -0.1) is 0 Å². The first kappa shape index (κ1) is 23.7. The average Bonchev–Trinajstić information content (AvgIpc) is 3.13. The molecule has 1 heterocycles. The molecule has 4 rings (SSSR count). The monoisotopic (exact) mass is 607 g/mol. The SMILES string of the molecule is O=C1OC(c2ccc(Cl)cc2Cl)=N/C1=C\c1cc(Br)c(OCC(=O)c2ccccc2)c(Br)c1. The number of carbonyl (C=O) groups is 2. The highest BCUT2D eigenvalue weighted by atomic mass is 79.9. The van der Waals surface area contributed by atoms with Crippen LogP contribution in [-0.2, 0) is 9.53 Å². The number of nitrogens with zero attached hydrogens (tertiary/aromatic N) is 1. The van der Waals surface area contributed by atoms with Crippen molar-refractivity contribution in [1.82, 2.24) is 0 Å². The second-order valence-corrected chi connectivity index (χ2v) is 9.40. The summed E-state index contributed by atoms with van der Waals surface area (Å²) in [5.41, 5.74) is 1.81. The highest BCUT2D eigenvalue weighted by molar-refractivity contribution is 9.11. The summed E-state index contributed by atoms with van der Waals surface area (Å²) in [7, 11) is 0. The van der Waals surface area contributed by atoms with Gasteiger partial charge in [0, 0.05) is 10.6 Å². The molecule has 3 aromatic rings. The number of cyclic esters (lactones) is 1.